The molecule has 3 rings (SSSR count). The van der Waals surface area contributed by atoms with Crippen LogP contribution in [0.5, 0.6) is 23.0 Å². The number of benzene rings is 3. The van der Waals surface area contributed by atoms with Crippen LogP contribution >= 0.6 is 0 Å². The highest BCUT2D eigenvalue weighted by Gasteiger charge is 2.12. The molecule has 0 aliphatic rings. The van der Waals surface area contributed by atoms with E-state index in [1.807, 2.05) is 24.3 Å². The van der Waals surface area contributed by atoms with Crippen molar-refractivity contribution in [1.29, 1.82) is 0 Å². The molecule has 0 unspecified atom stereocenters. The monoisotopic (exact) mass is 419 g/mol. The molecule has 31 heavy (non-hydrogen) atoms. The maximum atomic E-state index is 12.8. The van der Waals surface area contributed by atoms with E-state index in [-0.39, 0.29) is 5.78 Å². The summed E-state index contributed by atoms with van der Waals surface area (Å²) in [7, 11) is 6.28. The number of allylic oxidation sites excluding steroid dienone is 1. The second-order valence-electron chi connectivity index (χ2n) is 6.65. The van der Waals surface area contributed by atoms with E-state index in [0.29, 0.717) is 34.2 Å². The molecule has 2 N–H and O–H groups in total. The lowest BCUT2D eigenvalue weighted by Gasteiger charge is -2.12. The minimum atomic E-state index is -0.161. The molecule has 0 radical (unpaired) electrons. The number of carbonyl (C=O) groups is 1. The van der Waals surface area contributed by atoms with E-state index in [1.54, 1.807) is 64.8 Å². The molecule has 3 aromatic rings. The van der Waals surface area contributed by atoms with Crippen molar-refractivity contribution in [3.05, 3.63) is 71.8 Å². The standard InChI is InChI=1S/C25H25NO5/c1-28-22-13-10-17(15-24(22)30-3)19-14-18(8-11-20(19)26)21(27)12-9-16-6-5-7-23(29-2)25(16)31-4/h5-15H,26H2,1-4H3/b12-9+. The number of nitrogens with two attached hydrogens (primary N) is 1. The first-order valence-corrected chi connectivity index (χ1v) is 9.57. The van der Waals surface area contributed by atoms with Crippen LogP contribution in [0, 0.1) is 0 Å². The van der Waals surface area contributed by atoms with Crippen molar-refractivity contribution in [2.45, 2.75) is 0 Å². The number of methoxy groups -OCH3 is 4. The molecule has 3 aromatic carbocycles. The molecule has 6 nitrogen and oxygen atoms in total. The van der Waals surface area contributed by atoms with Gasteiger partial charge in [-0.3, -0.25) is 4.79 Å². The van der Waals surface area contributed by atoms with Gasteiger partial charge in [-0.2, -0.15) is 0 Å². The Hall–Kier alpha value is -3.93. The van der Waals surface area contributed by atoms with Gasteiger partial charge in [0.25, 0.3) is 0 Å². The summed E-state index contributed by atoms with van der Waals surface area (Å²) < 4.78 is 21.4. The Morgan fingerprint density at radius 3 is 2.23 bits per heavy atom. The molecule has 0 saturated carbocycles. The summed E-state index contributed by atoms with van der Waals surface area (Å²) in [5.41, 5.74) is 9.55. The molecular weight excluding hydrogens is 394 g/mol. The van der Waals surface area contributed by atoms with E-state index < -0.39 is 0 Å². The lowest BCUT2D eigenvalue weighted by molar-refractivity contribution is 0.104. The summed E-state index contributed by atoms with van der Waals surface area (Å²) in [4.78, 5) is 12.8. The summed E-state index contributed by atoms with van der Waals surface area (Å²) >= 11 is 0. The number of ketones is 1. The van der Waals surface area contributed by atoms with E-state index in [4.69, 9.17) is 24.7 Å². The third-order valence-corrected chi connectivity index (χ3v) is 4.88. The predicted molar refractivity (Wildman–Crippen MR) is 122 cm³/mol. The van der Waals surface area contributed by atoms with Crippen molar-refractivity contribution in [1.82, 2.24) is 0 Å². The lowest BCUT2D eigenvalue weighted by Crippen LogP contribution is -1.99. The number of nitrogen functional groups attached to an aromatic ring is 1. The highest BCUT2D eigenvalue weighted by atomic mass is 16.5. The van der Waals surface area contributed by atoms with Gasteiger partial charge in [-0.1, -0.05) is 18.2 Å². The molecule has 0 amide bonds. The fourth-order valence-electron chi connectivity index (χ4n) is 3.27. The van der Waals surface area contributed by atoms with E-state index in [1.165, 1.54) is 6.08 Å². The Balaban J connectivity index is 1.93. The van der Waals surface area contributed by atoms with Crippen molar-refractivity contribution in [3.8, 4) is 34.1 Å². The van der Waals surface area contributed by atoms with Gasteiger partial charge in [0.2, 0.25) is 0 Å². The summed E-state index contributed by atoms with van der Waals surface area (Å²) in [5, 5.41) is 0. The predicted octanol–water partition coefficient (Wildman–Crippen LogP) is 4.87. The maximum Gasteiger partial charge on any atom is 0.185 e. The van der Waals surface area contributed by atoms with Gasteiger partial charge < -0.3 is 24.7 Å². The molecule has 0 aliphatic heterocycles. The second-order valence-corrected chi connectivity index (χ2v) is 6.65. The number of carbonyl (C=O) groups excluding carboxylic acids is 1. The van der Waals surface area contributed by atoms with Crippen LogP contribution in [0.1, 0.15) is 15.9 Å². The fourth-order valence-corrected chi connectivity index (χ4v) is 3.27. The topological polar surface area (TPSA) is 80.0 Å². The van der Waals surface area contributed by atoms with Crippen LogP contribution in [0.25, 0.3) is 17.2 Å². The first-order valence-electron chi connectivity index (χ1n) is 9.57. The zero-order valence-electron chi connectivity index (χ0n) is 18.0. The van der Waals surface area contributed by atoms with Gasteiger partial charge in [-0.05, 0) is 54.1 Å². The van der Waals surface area contributed by atoms with Crippen LogP contribution in [0.15, 0.2) is 60.7 Å². The minimum absolute atomic E-state index is 0.161. The third-order valence-electron chi connectivity index (χ3n) is 4.88. The van der Waals surface area contributed by atoms with Crippen molar-refractivity contribution >= 4 is 17.5 Å². The summed E-state index contributed by atoms with van der Waals surface area (Å²) in [5.74, 6) is 2.21. The zero-order chi connectivity index (χ0) is 22.4. The van der Waals surface area contributed by atoms with Gasteiger partial charge in [0, 0.05) is 22.4 Å². The molecule has 160 valence electrons. The summed E-state index contributed by atoms with van der Waals surface area (Å²) in [6, 6.07) is 16.2. The molecule has 0 aliphatic carbocycles. The number of rotatable bonds is 8. The minimum Gasteiger partial charge on any atom is -0.493 e. The number of ether oxygens (including phenoxy) is 4. The van der Waals surface area contributed by atoms with Crippen LogP contribution in [0.4, 0.5) is 5.69 Å². The number of anilines is 1. The molecule has 0 atom stereocenters. The maximum absolute atomic E-state index is 12.8. The number of hydrogen-bond donors (Lipinski definition) is 1. The Labute approximate surface area is 181 Å². The molecule has 0 bridgehead atoms. The summed E-state index contributed by atoms with van der Waals surface area (Å²) in [6.45, 7) is 0. The first-order chi connectivity index (χ1) is 15.0. The first kappa shape index (κ1) is 21.8. The second kappa shape index (κ2) is 9.71. The molecule has 0 fully saturated rings. The molecule has 0 aromatic heterocycles. The van der Waals surface area contributed by atoms with Crippen LogP contribution < -0.4 is 24.7 Å². The average Bonchev–Trinajstić information content (AvgIpc) is 2.81. The largest absolute Gasteiger partial charge is 0.493 e. The van der Waals surface area contributed by atoms with Crippen molar-refractivity contribution in [2.75, 3.05) is 34.2 Å². The Bertz CT molecular complexity index is 1120. The van der Waals surface area contributed by atoms with Gasteiger partial charge in [-0.15, -0.1) is 0 Å². The summed E-state index contributed by atoms with van der Waals surface area (Å²) in [6.07, 6.45) is 3.21. The normalized spacial score (nSPS) is 10.7. The van der Waals surface area contributed by atoms with E-state index in [2.05, 4.69) is 0 Å². The molecule has 0 saturated heterocycles. The molecular formula is C25H25NO5. The van der Waals surface area contributed by atoms with E-state index >= 15 is 0 Å². The van der Waals surface area contributed by atoms with E-state index in [9.17, 15) is 4.79 Å². The Morgan fingerprint density at radius 1 is 0.806 bits per heavy atom. The van der Waals surface area contributed by atoms with Gasteiger partial charge >= 0.3 is 0 Å². The molecule has 0 spiro atoms. The van der Waals surface area contributed by atoms with Crippen LogP contribution in [0.2, 0.25) is 0 Å². The van der Waals surface area contributed by atoms with Gasteiger partial charge in [0.1, 0.15) is 0 Å². The van der Waals surface area contributed by atoms with Gasteiger partial charge in [0.05, 0.1) is 28.4 Å². The third kappa shape index (κ3) is 4.64. The van der Waals surface area contributed by atoms with Gasteiger partial charge in [-0.25, -0.2) is 0 Å². The molecule has 6 heteroatoms. The van der Waals surface area contributed by atoms with Crippen molar-refractivity contribution in [3.63, 3.8) is 0 Å². The Morgan fingerprint density at radius 2 is 1.55 bits per heavy atom. The zero-order valence-corrected chi connectivity index (χ0v) is 18.0. The average molecular weight is 419 g/mol. The van der Waals surface area contributed by atoms with Crippen molar-refractivity contribution < 1.29 is 23.7 Å². The van der Waals surface area contributed by atoms with E-state index in [0.717, 1.165) is 16.7 Å². The smallest absolute Gasteiger partial charge is 0.185 e. The fraction of sp³-hybridized carbons (Fsp3) is 0.160. The highest BCUT2D eigenvalue weighted by Crippen LogP contribution is 2.35. The lowest BCUT2D eigenvalue weighted by atomic mass is 9.98. The highest BCUT2D eigenvalue weighted by molar-refractivity contribution is 6.08. The van der Waals surface area contributed by atoms with Crippen LogP contribution in [-0.2, 0) is 0 Å². The van der Waals surface area contributed by atoms with Gasteiger partial charge in [0.15, 0.2) is 28.8 Å². The quantitative estimate of drug-likeness (QED) is 0.319. The SMILES string of the molecule is COc1ccc(-c2cc(C(=O)/C=C/c3cccc(OC)c3OC)ccc2N)cc1OC. The van der Waals surface area contributed by atoms with Crippen molar-refractivity contribution in [2.24, 2.45) is 0 Å². The Kier molecular flexibility index (Phi) is 6.82. The number of hydrogen-bond acceptors (Lipinski definition) is 6. The molecule has 0 heterocycles. The van der Waals surface area contributed by atoms with Crippen LogP contribution in [0.3, 0.4) is 0 Å². The number of para-hydroxylation sites is 1. The van der Waals surface area contributed by atoms with Crippen LogP contribution in [-0.4, -0.2) is 34.2 Å².